The first-order valence-electron chi connectivity index (χ1n) is 5.98. The number of hydrogen-bond acceptors (Lipinski definition) is 5. The monoisotopic (exact) mass is 265 g/mol. The van der Waals surface area contributed by atoms with E-state index < -0.39 is 5.63 Å². The van der Waals surface area contributed by atoms with Crippen LogP contribution in [-0.4, -0.2) is 4.98 Å². The summed E-state index contributed by atoms with van der Waals surface area (Å²) >= 11 is 0. The molecule has 0 bridgehead atoms. The minimum absolute atomic E-state index is 0.150. The molecule has 20 heavy (non-hydrogen) atoms. The van der Waals surface area contributed by atoms with Crippen molar-refractivity contribution in [3.8, 4) is 0 Å². The third-order valence-corrected chi connectivity index (χ3v) is 3.26. The van der Waals surface area contributed by atoms with Crippen molar-refractivity contribution in [1.29, 1.82) is 0 Å². The molecule has 0 aliphatic carbocycles. The lowest BCUT2D eigenvalue weighted by molar-refractivity contribution is 0.567. The van der Waals surface area contributed by atoms with Gasteiger partial charge in [-0.15, -0.1) is 0 Å². The smallest absolute Gasteiger partial charge is 0.345 e. The fraction of sp³-hybridized carbons (Fsp3) is 0. The topological polar surface area (TPSA) is 73.3 Å². The van der Waals surface area contributed by atoms with Crippen LogP contribution in [0.1, 0.15) is 0 Å². The molecule has 3 aromatic heterocycles. The number of fused-ring (bicyclic) bond motifs is 5. The van der Waals surface area contributed by atoms with E-state index in [2.05, 4.69) is 4.98 Å². The molecule has 0 aliphatic heterocycles. The van der Waals surface area contributed by atoms with E-state index in [1.54, 1.807) is 30.5 Å². The van der Waals surface area contributed by atoms with E-state index in [4.69, 9.17) is 8.83 Å². The van der Waals surface area contributed by atoms with Crippen LogP contribution in [0.3, 0.4) is 0 Å². The second kappa shape index (κ2) is 3.77. The van der Waals surface area contributed by atoms with Gasteiger partial charge in [-0.25, -0.2) is 4.79 Å². The van der Waals surface area contributed by atoms with E-state index in [9.17, 15) is 9.59 Å². The lowest BCUT2D eigenvalue weighted by Gasteiger charge is -2.03. The number of aromatic nitrogens is 1. The average Bonchev–Trinajstić information content (AvgIpc) is 2.47. The lowest BCUT2D eigenvalue weighted by Crippen LogP contribution is -2.03. The predicted octanol–water partition coefficient (Wildman–Crippen LogP) is 2.45. The quantitative estimate of drug-likeness (QED) is 0.360. The van der Waals surface area contributed by atoms with Gasteiger partial charge in [-0.1, -0.05) is 0 Å². The summed E-state index contributed by atoms with van der Waals surface area (Å²) in [6.45, 7) is 0. The van der Waals surface area contributed by atoms with Gasteiger partial charge in [0.05, 0.1) is 27.9 Å². The summed E-state index contributed by atoms with van der Waals surface area (Å²) in [5.74, 6) is 0. The number of benzene rings is 1. The van der Waals surface area contributed by atoms with Gasteiger partial charge in [0.25, 0.3) is 0 Å². The van der Waals surface area contributed by atoms with Crippen molar-refractivity contribution in [1.82, 2.24) is 4.98 Å². The van der Waals surface area contributed by atoms with Crippen molar-refractivity contribution in [2.45, 2.75) is 0 Å². The fourth-order valence-electron chi connectivity index (χ4n) is 2.37. The number of hydrogen-bond donors (Lipinski definition) is 0. The highest BCUT2D eigenvalue weighted by Gasteiger charge is 2.13. The van der Waals surface area contributed by atoms with Gasteiger partial charge in [-0.05, 0) is 24.3 Å². The third-order valence-electron chi connectivity index (χ3n) is 3.26. The zero-order chi connectivity index (χ0) is 13.7. The second-order valence-electron chi connectivity index (χ2n) is 4.39. The Morgan fingerprint density at radius 1 is 1.00 bits per heavy atom. The molecule has 4 aromatic rings. The van der Waals surface area contributed by atoms with E-state index in [0.717, 1.165) is 0 Å². The highest BCUT2D eigenvalue weighted by atomic mass is 16.4. The summed E-state index contributed by atoms with van der Waals surface area (Å²) in [6, 6.07) is 7.81. The van der Waals surface area contributed by atoms with Crippen LogP contribution in [-0.2, 0) is 0 Å². The summed E-state index contributed by atoms with van der Waals surface area (Å²) in [7, 11) is 0. The Bertz CT molecular complexity index is 1070. The lowest BCUT2D eigenvalue weighted by atomic mass is 10.1. The molecule has 0 saturated carbocycles. The molecule has 0 N–H and O–H groups in total. The van der Waals surface area contributed by atoms with Crippen LogP contribution in [0, 0.1) is 0 Å². The molecule has 3 heterocycles. The first-order valence-corrected chi connectivity index (χ1v) is 5.98. The minimum atomic E-state index is -0.460. The van der Waals surface area contributed by atoms with Gasteiger partial charge in [0, 0.05) is 12.3 Å². The van der Waals surface area contributed by atoms with Gasteiger partial charge in [-0.2, -0.15) is 0 Å². The molecule has 4 rings (SSSR count). The molecule has 0 atom stereocenters. The van der Waals surface area contributed by atoms with Gasteiger partial charge in [0.1, 0.15) is 5.58 Å². The molecule has 0 fully saturated rings. The highest BCUT2D eigenvalue weighted by molar-refractivity contribution is 6.14. The Morgan fingerprint density at radius 3 is 2.80 bits per heavy atom. The summed E-state index contributed by atoms with van der Waals surface area (Å²) in [4.78, 5) is 28.0. The molecule has 0 unspecified atom stereocenters. The first kappa shape index (κ1) is 10.9. The molecule has 1 aromatic carbocycles. The zero-order valence-corrected chi connectivity index (χ0v) is 10.1. The largest absolute Gasteiger partial charge is 0.463 e. The summed E-state index contributed by atoms with van der Waals surface area (Å²) in [5, 5.41) is 1.33. The van der Waals surface area contributed by atoms with Crippen LogP contribution in [0.5, 0.6) is 0 Å². The maximum absolute atomic E-state index is 11.9. The molecule has 0 saturated heterocycles. The van der Waals surface area contributed by atoms with Crippen LogP contribution in [0.2, 0.25) is 0 Å². The normalized spacial score (nSPS) is 11.4. The fourth-order valence-corrected chi connectivity index (χ4v) is 2.37. The molecule has 5 nitrogen and oxygen atoms in total. The first-order chi connectivity index (χ1) is 9.75. The predicted molar refractivity (Wildman–Crippen MR) is 73.8 cm³/mol. The zero-order valence-electron chi connectivity index (χ0n) is 10.1. The molecule has 0 amide bonds. The summed E-state index contributed by atoms with van der Waals surface area (Å²) in [5.41, 5.74) is 0.589. The van der Waals surface area contributed by atoms with Crippen LogP contribution in [0.15, 0.2) is 61.2 Å². The maximum Gasteiger partial charge on any atom is 0.345 e. The highest BCUT2D eigenvalue weighted by Crippen LogP contribution is 2.27. The Hall–Kier alpha value is -2.95. The Kier molecular flexibility index (Phi) is 2.06. The Balaban J connectivity index is 2.45. The van der Waals surface area contributed by atoms with Crippen molar-refractivity contribution in [2.24, 2.45) is 0 Å². The standard InChI is InChI=1S/C15H7NO4/c17-10-5-7-19-14-8(10)3-4-11-12(14)13-9(15(18)20-11)2-1-6-16-13/h1-7H. The summed E-state index contributed by atoms with van der Waals surface area (Å²) < 4.78 is 10.7. The Morgan fingerprint density at radius 2 is 1.90 bits per heavy atom. The van der Waals surface area contributed by atoms with Gasteiger partial charge in [-0.3, -0.25) is 9.78 Å². The molecular weight excluding hydrogens is 258 g/mol. The van der Waals surface area contributed by atoms with Crippen LogP contribution in [0.25, 0.3) is 32.8 Å². The minimum Gasteiger partial charge on any atom is -0.463 e. The summed E-state index contributed by atoms with van der Waals surface area (Å²) in [6.07, 6.45) is 2.91. The molecule has 0 aliphatic rings. The van der Waals surface area contributed by atoms with E-state index in [-0.39, 0.29) is 5.43 Å². The third kappa shape index (κ3) is 1.34. The van der Waals surface area contributed by atoms with Crippen molar-refractivity contribution < 1.29 is 8.83 Å². The van der Waals surface area contributed by atoms with Gasteiger partial charge >= 0.3 is 5.63 Å². The molecule has 96 valence electrons. The Labute approximate surface area is 111 Å². The van der Waals surface area contributed by atoms with Crippen molar-refractivity contribution >= 4 is 32.8 Å². The molecule has 0 radical (unpaired) electrons. The second-order valence-corrected chi connectivity index (χ2v) is 4.39. The number of rotatable bonds is 0. The van der Waals surface area contributed by atoms with Crippen molar-refractivity contribution in [2.75, 3.05) is 0 Å². The van der Waals surface area contributed by atoms with Gasteiger partial charge < -0.3 is 8.83 Å². The van der Waals surface area contributed by atoms with Crippen LogP contribution < -0.4 is 11.1 Å². The van der Waals surface area contributed by atoms with Crippen molar-refractivity contribution in [3.05, 3.63) is 63.4 Å². The average molecular weight is 265 g/mol. The van der Waals surface area contributed by atoms with E-state index >= 15 is 0 Å². The van der Waals surface area contributed by atoms with Gasteiger partial charge in [0.2, 0.25) is 0 Å². The maximum atomic E-state index is 11.9. The van der Waals surface area contributed by atoms with E-state index in [1.165, 1.54) is 12.3 Å². The van der Waals surface area contributed by atoms with Crippen LogP contribution in [0.4, 0.5) is 0 Å². The molecule has 0 spiro atoms. The number of nitrogens with zero attached hydrogens (tertiary/aromatic N) is 1. The van der Waals surface area contributed by atoms with Crippen LogP contribution >= 0.6 is 0 Å². The van der Waals surface area contributed by atoms with Gasteiger partial charge in [0.15, 0.2) is 11.0 Å². The van der Waals surface area contributed by atoms with E-state index in [1.807, 2.05) is 0 Å². The SMILES string of the molecule is O=c1oc2ccc3c(=O)ccoc3c2c2ncccc12. The number of pyridine rings is 1. The van der Waals surface area contributed by atoms with E-state index in [0.29, 0.717) is 32.8 Å². The molecular formula is C15H7NO4. The van der Waals surface area contributed by atoms with Crippen molar-refractivity contribution in [3.63, 3.8) is 0 Å². The molecule has 5 heteroatoms.